The Bertz CT molecular complexity index is 557. The number of benzene rings is 1. The summed E-state index contributed by atoms with van der Waals surface area (Å²) in [6.45, 7) is 4.03. The normalized spacial score (nSPS) is 10.3. The number of nitrogens with one attached hydrogen (secondary N) is 1. The second kappa shape index (κ2) is 4.91. The van der Waals surface area contributed by atoms with Crippen LogP contribution in [0.1, 0.15) is 11.3 Å². The highest BCUT2D eigenvalue weighted by molar-refractivity contribution is 5.90. The van der Waals surface area contributed by atoms with Crippen LogP contribution in [0.4, 0.5) is 11.5 Å². The van der Waals surface area contributed by atoms with Crippen molar-refractivity contribution < 1.29 is 4.79 Å². The smallest absolute Gasteiger partial charge is 0.246 e. The lowest BCUT2D eigenvalue weighted by atomic mass is 10.2. The summed E-state index contributed by atoms with van der Waals surface area (Å²) in [6.07, 6.45) is 0. The Kier molecular flexibility index (Phi) is 3.32. The van der Waals surface area contributed by atoms with Crippen LogP contribution < -0.4 is 11.1 Å². The SMILES string of the molecule is Cc1ccc(NC(=O)Cn2nc(N)cc2C)cc1. The van der Waals surface area contributed by atoms with E-state index in [1.54, 1.807) is 10.7 Å². The number of anilines is 2. The molecule has 1 aromatic heterocycles. The van der Waals surface area contributed by atoms with Gasteiger partial charge in [0.25, 0.3) is 0 Å². The van der Waals surface area contributed by atoms with Gasteiger partial charge in [-0.2, -0.15) is 5.10 Å². The highest BCUT2D eigenvalue weighted by Crippen LogP contribution is 2.09. The quantitative estimate of drug-likeness (QED) is 0.863. The molecule has 94 valence electrons. The predicted molar refractivity (Wildman–Crippen MR) is 71.2 cm³/mol. The molecule has 0 spiro atoms. The second-order valence-corrected chi connectivity index (χ2v) is 4.28. The first-order chi connectivity index (χ1) is 8.54. The number of hydrogen-bond acceptors (Lipinski definition) is 3. The van der Waals surface area contributed by atoms with Gasteiger partial charge in [-0.05, 0) is 26.0 Å². The molecule has 2 aromatic rings. The van der Waals surface area contributed by atoms with E-state index in [0.717, 1.165) is 16.9 Å². The van der Waals surface area contributed by atoms with E-state index in [9.17, 15) is 4.79 Å². The summed E-state index contributed by atoms with van der Waals surface area (Å²) in [5.74, 6) is 0.306. The number of nitrogen functional groups attached to an aromatic ring is 1. The van der Waals surface area contributed by atoms with Gasteiger partial charge in [-0.15, -0.1) is 0 Å². The number of aromatic nitrogens is 2. The van der Waals surface area contributed by atoms with Crippen molar-refractivity contribution in [2.24, 2.45) is 0 Å². The first-order valence-corrected chi connectivity index (χ1v) is 5.71. The van der Waals surface area contributed by atoms with E-state index in [1.165, 1.54) is 0 Å². The van der Waals surface area contributed by atoms with E-state index in [4.69, 9.17) is 5.73 Å². The van der Waals surface area contributed by atoms with Crippen molar-refractivity contribution >= 4 is 17.4 Å². The number of aryl methyl sites for hydroxylation is 2. The lowest BCUT2D eigenvalue weighted by Crippen LogP contribution is -2.20. The molecule has 18 heavy (non-hydrogen) atoms. The van der Waals surface area contributed by atoms with Gasteiger partial charge in [0.05, 0.1) is 0 Å². The first kappa shape index (κ1) is 12.2. The van der Waals surface area contributed by atoms with Crippen molar-refractivity contribution in [1.82, 2.24) is 9.78 Å². The monoisotopic (exact) mass is 244 g/mol. The maximum absolute atomic E-state index is 11.8. The Morgan fingerprint density at radius 2 is 2.00 bits per heavy atom. The van der Waals surface area contributed by atoms with E-state index < -0.39 is 0 Å². The Morgan fingerprint density at radius 1 is 1.33 bits per heavy atom. The molecule has 3 N–H and O–H groups in total. The standard InChI is InChI=1S/C13H16N4O/c1-9-3-5-11(6-4-9)15-13(18)8-17-10(2)7-12(14)16-17/h3-7H,8H2,1-2H3,(H2,14,16)(H,15,18). The van der Waals surface area contributed by atoms with Gasteiger partial charge in [0.15, 0.2) is 0 Å². The third kappa shape index (κ3) is 2.88. The fourth-order valence-electron chi connectivity index (χ4n) is 1.67. The molecule has 1 heterocycles. The van der Waals surface area contributed by atoms with Crippen LogP contribution in [-0.2, 0) is 11.3 Å². The highest BCUT2D eigenvalue weighted by Gasteiger charge is 2.07. The Balaban J connectivity index is 2.01. The van der Waals surface area contributed by atoms with E-state index in [1.807, 2.05) is 38.1 Å². The lowest BCUT2D eigenvalue weighted by Gasteiger charge is -2.06. The Morgan fingerprint density at radius 3 is 2.56 bits per heavy atom. The maximum atomic E-state index is 11.8. The van der Waals surface area contributed by atoms with Crippen LogP contribution >= 0.6 is 0 Å². The fraction of sp³-hybridized carbons (Fsp3) is 0.231. The number of amides is 1. The highest BCUT2D eigenvalue weighted by atomic mass is 16.2. The summed E-state index contributed by atoms with van der Waals surface area (Å²) in [5.41, 5.74) is 8.37. The van der Waals surface area contributed by atoms with Crippen LogP contribution in [-0.4, -0.2) is 15.7 Å². The number of carbonyl (C=O) groups is 1. The van der Waals surface area contributed by atoms with Crippen molar-refractivity contribution in [3.05, 3.63) is 41.6 Å². The van der Waals surface area contributed by atoms with Gasteiger partial charge in [0.2, 0.25) is 5.91 Å². The molecule has 1 aromatic carbocycles. The maximum Gasteiger partial charge on any atom is 0.246 e. The number of nitrogens with two attached hydrogens (primary N) is 1. The molecule has 0 aliphatic heterocycles. The topological polar surface area (TPSA) is 72.9 Å². The minimum Gasteiger partial charge on any atom is -0.382 e. The van der Waals surface area contributed by atoms with E-state index in [2.05, 4.69) is 10.4 Å². The minimum absolute atomic E-state index is 0.120. The zero-order valence-electron chi connectivity index (χ0n) is 10.5. The second-order valence-electron chi connectivity index (χ2n) is 4.28. The first-order valence-electron chi connectivity index (χ1n) is 5.71. The molecule has 0 fully saturated rings. The number of hydrogen-bond donors (Lipinski definition) is 2. The Hall–Kier alpha value is -2.30. The van der Waals surface area contributed by atoms with Crippen LogP contribution in [0.25, 0.3) is 0 Å². The molecular formula is C13H16N4O. The van der Waals surface area contributed by atoms with Crippen molar-refractivity contribution in [2.75, 3.05) is 11.1 Å². The van der Waals surface area contributed by atoms with Crippen molar-refractivity contribution in [3.63, 3.8) is 0 Å². The molecular weight excluding hydrogens is 228 g/mol. The molecule has 0 radical (unpaired) electrons. The average molecular weight is 244 g/mol. The third-order valence-corrected chi connectivity index (χ3v) is 2.63. The average Bonchev–Trinajstić information content (AvgIpc) is 2.61. The fourth-order valence-corrected chi connectivity index (χ4v) is 1.67. The molecule has 2 rings (SSSR count). The van der Waals surface area contributed by atoms with Crippen LogP contribution in [0.15, 0.2) is 30.3 Å². The van der Waals surface area contributed by atoms with Crippen molar-refractivity contribution in [3.8, 4) is 0 Å². The van der Waals surface area contributed by atoms with Crippen molar-refractivity contribution in [1.29, 1.82) is 0 Å². The molecule has 0 bridgehead atoms. The molecule has 5 heteroatoms. The minimum atomic E-state index is -0.120. The largest absolute Gasteiger partial charge is 0.382 e. The molecule has 0 aliphatic carbocycles. The van der Waals surface area contributed by atoms with Gasteiger partial charge in [-0.3, -0.25) is 9.48 Å². The lowest BCUT2D eigenvalue weighted by molar-refractivity contribution is -0.116. The van der Waals surface area contributed by atoms with Gasteiger partial charge >= 0.3 is 0 Å². The molecule has 5 nitrogen and oxygen atoms in total. The van der Waals surface area contributed by atoms with Crippen LogP contribution in [0.3, 0.4) is 0 Å². The van der Waals surface area contributed by atoms with Gasteiger partial charge < -0.3 is 11.1 Å². The predicted octanol–water partition coefficient (Wildman–Crippen LogP) is 1.72. The van der Waals surface area contributed by atoms with E-state index >= 15 is 0 Å². The molecule has 0 unspecified atom stereocenters. The number of carbonyl (C=O) groups excluding carboxylic acids is 1. The Labute approximate surface area is 106 Å². The molecule has 0 atom stereocenters. The molecule has 0 saturated carbocycles. The summed E-state index contributed by atoms with van der Waals surface area (Å²) < 4.78 is 1.58. The van der Waals surface area contributed by atoms with Gasteiger partial charge in [-0.25, -0.2) is 0 Å². The summed E-state index contributed by atoms with van der Waals surface area (Å²) in [5, 5.41) is 6.85. The summed E-state index contributed by atoms with van der Waals surface area (Å²) in [4.78, 5) is 11.8. The summed E-state index contributed by atoms with van der Waals surface area (Å²) in [7, 11) is 0. The van der Waals surface area contributed by atoms with Crippen LogP contribution in [0, 0.1) is 13.8 Å². The molecule has 1 amide bonds. The zero-order valence-corrected chi connectivity index (χ0v) is 10.5. The summed E-state index contributed by atoms with van der Waals surface area (Å²) >= 11 is 0. The number of rotatable bonds is 3. The van der Waals surface area contributed by atoms with Gasteiger partial charge in [0, 0.05) is 17.4 Å². The summed E-state index contributed by atoms with van der Waals surface area (Å²) in [6, 6.07) is 9.38. The van der Waals surface area contributed by atoms with Crippen molar-refractivity contribution in [2.45, 2.75) is 20.4 Å². The van der Waals surface area contributed by atoms with Gasteiger partial charge in [0.1, 0.15) is 12.4 Å². The van der Waals surface area contributed by atoms with Crippen LogP contribution in [0.2, 0.25) is 0 Å². The van der Waals surface area contributed by atoms with Gasteiger partial charge in [-0.1, -0.05) is 17.7 Å². The zero-order chi connectivity index (χ0) is 13.1. The molecule has 0 saturated heterocycles. The number of nitrogens with zero attached hydrogens (tertiary/aromatic N) is 2. The molecule has 0 aliphatic rings. The third-order valence-electron chi connectivity index (χ3n) is 2.63. The van der Waals surface area contributed by atoms with E-state index in [-0.39, 0.29) is 12.5 Å². The van der Waals surface area contributed by atoms with E-state index in [0.29, 0.717) is 5.82 Å². The van der Waals surface area contributed by atoms with Crippen LogP contribution in [0.5, 0.6) is 0 Å².